The lowest BCUT2D eigenvalue weighted by Gasteiger charge is -2.23. The van der Waals surface area contributed by atoms with Crippen LogP contribution in [0.4, 0.5) is 0 Å². The Morgan fingerprint density at radius 2 is 2.07 bits per heavy atom. The molecule has 0 bridgehead atoms. The molecule has 1 heteroatoms. The molecule has 1 aromatic carbocycles. The highest BCUT2D eigenvalue weighted by atomic mass is 16.1. The molecule has 0 unspecified atom stereocenters. The first-order valence-electron chi connectivity index (χ1n) is 4.77. The van der Waals surface area contributed by atoms with Crippen molar-refractivity contribution < 1.29 is 4.79 Å². The highest BCUT2D eigenvalue weighted by molar-refractivity contribution is 5.69. The summed E-state index contributed by atoms with van der Waals surface area (Å²) in [5.41, 5.74) is 1.83. The van der Waals surface area contributed by atoms with E-state index in [-0.39, 0.29) is 0 Å². The molecule has 0 aliphatic carbocycles. The highest BCUT2D eigenvalue weighted by Crippen LogP contribution is 2.28. The van der Waals surface area contributed by atoms with Gasteiger partial charge in [0.05, 0.1) is 5.41 Å². The van der Waals surface area contributed by atoms with Gasteiger partial charge in [0.25, 0.3) is 0 Å². The molecule has 0 amide bonds. The minimum atomic E-state index is -0.424. The van der Waals surface area contributed by atoms with Crippen LogP contribution < -0.4 is 0 Å². The van der Waals surface area contributed by atoms with E-state index in [1.807, 2.05) is 38.1 Å². The monoisotopic (exact) mass is 188 g/mol. The molecular weight excluding hydrogens is 172 g/mol. The van der Waals surface area contributed by atoms with E-state index in [9.17, 15) is 4.79 Å². The van der Waals surface area contributed by atoms with E-state index in [0.717, 1.165) is 17.4 Å². The molecule has 0 saturated heterocycles. The fraction of sp³-hybridized carbons (Fsp3) is 0.308. The molecule has 1 rings (SSSR count). The predicted molar refractivity (Wildman–Crippen MR) is 59.4 cm³/mol. The number of hydrogen-bond donors (Lipinski definition) is 0. The van der Waals surface area contributed by atoms with Crippen LogP contribution in [0.1, 0.15) is 24.5 Å². The number of aryl methyl sites for hydroxylation is 1. The maximum Gasteiger partial charge on any atom is 0.130 e. The van der Waals surface area contributed by atoms with Crippen molar-refractivity contribution >= 4 is 6.29 Å². The summed E-state index contributed by atoms with van der Waals surface area (Å²) in [6, 6.07) is 7.98. The third-order valence-corrected chi connectivity index (χ3v) is 2.59. The molecule has 0 aromatic heterocycles. The molecule has 14 heavy (non-hydrogen) atoms. The van der Waals surface area contributed by atoms with Crippen LogP contribution in [0.5, 0.6) is 0 Å². The largest absolute Gasteiger partial charge is 0.302 e. The number of carbonyl (C=O) groups is 1. The molecule has 1 atom stereocenters. The first-order chi connectivity index (χ1) is 6.64. The van der Waals surface area contributed by atoms with Crippen LogP contribution in [-0.2, 0) is 10.2 Å². The van der Waals surface area contributed by atoms with Gasteiger partial charge in [-0.1, -0.05) is 30.3 Å². The van der Waals surface area contributed by atoms with Gasteiger partial charge >= 0.3 is 0 Å². The maximum atomic E-state index is 11.1. The fourth-order valence-electron chi connectivity index (χ4n) is 1.74. The lowest BCUT2D eigenvalue weighted by atomic mass is 9.79. The summed E-state index contributed by atoms with van der Waals surface area (Å²) >= 11 is 0. The smallest absolute Gasteiger partial charge is 0.130 e. The first kappa shape index (κ1) is 10.7. The molecule has 0 spiro atoms. The summed E-state index contributed by atoms with van der Waals surface area (Å²) in [4.78, 5) is 11.1. The van der Waals surface area contributed by atoms with Crippen LogP contribution >= 0.6 is 0 Å². The molecule has 0 N–H and O–H groups in total. The van der Waals surface area contributed by atoms with Gasteiger partial charge in [-0.15, -0.1) is 6.58 Å². The van der Waals surface area contributed by atoms with E-state index in [1.54, 1.807) is 6.08 Å². The van der Waals surface area contributed by atoms with Gasteiger partial charge in [-0.05, 0) is 31.4 Å². The summed E-state index contributed by atoms with van der Waals surface area (Å²) in [5, 5.41) is 0. The minimum Gasteiger partial charge on any atom is -0.302 e. The topological polar surface area (TPSA) is 17.1 Å². The Balaban J connectivity index is 3.18. The summed E-state index contributed by atoms with van der Waals surface area (Å²) in [6.07, 6.45) is 3.49. The summed E-state index contributed by atoms with van der Waals surface area (Å²) in [7, 11) is 0. The second kappa shape index (κ2) is 4.23. The Bertz CT molecular complexity index is 341. The lowest BCUT2D eigenvalue weighted by molar-refractivity contribution is -0.112. The number of benzene rings is 1. The van der Waals surface area contributed by atoms with Crippen molar-refractivity contribution in [2.24, 2.45) is 0 Å². The van der Waals surface area contributed by atoms with Gasteiger partial charge in [-0.3, -0.25) is 0 Å². The van der Waals surface area contributed by atoms with Crippen LogP contribution in [0, 0.1) is 6.92 Å². The maximum absolute atomic E-state index is 11.1. The average Bonchev–Trinajstić information content (AvgIpc) is 2.18. The normalized spacial score (nSPS) is 14.4. The highest BCUT2D eigenvalue weighted by Gasteiger charge is 2.25. The number of hydrogen-bond acceptors (Lipinski definition) is 1. The van der Waals surface area contributed by atoms with Gasteiger partial charge in [0, 0.05) is 0 Å². The Hall–Kier alpha value is -1.37. The van der Waals surface area contributed by atoms with E-state index in [2.05, 4.69) is 6.58 Å². The standard InChI is InChI=1S/C13H16O/c1-4-9-13(3,10-14)12-8-6-5-7-11(12)2/h4-8,10H,1,9H2,2-3H3/t13-/m0/s1. The molecule has 0 radical (unpaired) electrons. The van der Waals surface area contributed by atoms with Gasteiger partial charge in [0.2, 0.25) is 0 Å². The second-order valence-corrected chi connectivity index (χ2v) is 3.84. The Labute approximate surface area is 85.5 Å². The predicted octanol–water partition coefficient (Wildman–Crippen LogP) is 3.03. The molecule has 1 nitrogen and oxygen atoms in total. The van der Waals surface area contributed by atoms with E-state index in [0.29, 0.717) is 6.42 Å². The van der Waals surface area contributed by atoms with Gasteiger partial charge in [-0.25, -0.2) is 0 Å². The van der Waals surface area contributed by atoms with Crippen LogP contribution in [0.15, 0.2) is 36.9 Å². The average molecular weight is 188 g/mol. The lowest BCUT2D eigenvalue weighted by Crippen LogP contribution is -2.23. The summed E-state index contributed by atoms with van der Waals surface area (Å²) in [6.45, 7) is 7.67. The van der Waals surface area contributed by atoms with Gasteiger partial charge in [-0.2, -0.15) is 0 Å². The van der Waals surface area contributed by atoms with Crippen LogP contribution in [0.25, 0.3) is 0 Å². The Morgan fingerprint density at radius 1 is 1.43 bits per heavy atom. The molecule has 0 aliphatic rings. The third-order valence-electron chi connectivity index (χ3n) is 2.59. The summed E-state index contributed by atoms with van der Waals surface area (Å²) in [5.74, 6) is 0. The zero-order valence-electron chi connectivity index (χ0n) is 8.79. The van der Waals surface area contributed by atoms with E-state index >= 15 is 0 Å². The zero-order valence-corrected chi connectivity index (χ0v) is 8.79. The number of aldehydes is 1. The van der Waals surface area contributed by atoms with Crippen LogP contribution in [0.3, 0.4) is 0 Å². The molecule has 0 aliphatic heterocycles. The quantitative estimate of drug-likeness (QED) is 0.524. The first-order valence-corrected chi connectivity index (χ1v) is 4.77. The van der Waals surface area contributed by atoms with Gasteiger partial charge < -0.3 is 4.79 Å². The number of rotatable bonds is 4. The van der Waals surface area contributed by atoms with Crippen molar-refractivity contribution in [2.75, 3.05) is 0 Å². The summed E-state index contributed by atoms with van der Waals surface area (Å²) < 4.78 is 0. The van der Waals surface area contributed by atoms with E-state index in [1.165, 1.54) is 0 Å². The molecule has 0 heterocycles. The van der Waals surface area contributed by atoms with Crippen molar-refractivity contribution in [1.82, 2.24) is 0 Å². The minimum absolute atomic E-state index is 0.424. The number of carbonyl (C=O) groups excluding carboxylic acids is 1. The van der Waals surface area contributed by atoms with Crippen molar-refractivity contribution in [3.8, 4) is 0 Å². The van der Waals surface area contributed by atoms with Crippen molar-refractivity contribution in [2.45, 2.75) is 25.7 Å². The molecule has 1 aromatic rings. The molecular formula is C13H16O. The van der Waals surface area contributed by atoms with Crippen molar-refractivity contribution in [1.29, 1.82) is 0 Å². The molecule has 0 saturated carbocycles. The Kier molecular flexibility index (Phi) is 3.23. The zero-order chi connectivity index (χ0) is 10.6. The van der Waals surface area contributed by atoms with Crippen molar-refractivity contribution in [3.63, 3.8) is 0 Å². The fourth-order valence-corrected chi connectivity index (χ4v) is 1.74. The van der Waals surface area contributed by atoms with Crippen LogP contribution in [-0.4, -0.2) is 6.29 Å². The van der Waals surface area contributed by atoms with E-state index in [4.69, 9.17) is 0 Å². The number of allylic oxidation sites excluding steroid dienone is 1. The van der Waals surface area contributed by atoms with Gasteiger partial charge in [0.1, 0.15) is 6.29 Å². The Morgan fingerprint density at radius 3 is 2.57 bits per heavy atom. The van der Waals surface area contributed by atoms with Crippen LogP contribution in [0.2, 0.25) is 0 Å². The third kappa shape index (κ3) is 1.92. The van der Waals surface area contributed by atoms with E-state index < -0.39 is 5.41 Å². The molecule has 74 valence electrons. The second-order valence-electron chi connectivity index (χ2n) is 3.84. The van der Waals surface area contributed by atoms with Gasteiger partial charge in [0.15, 0.2) is 0 Å². The van der Waals surface area contributed by atoms with Crippen molar-refractivity contribution in [3.05, 3.63) is 48.0 Å². The molecule has 0 fully saturated rings. The SMILES string of the molecule is C=CC[C@@](C)(C=O)c1ccccc1C.